The molecular weight excluding hydrogens is 387 g/mol. The van der Waals surface area contributed by atoms with Crippen LogP contribution in [0.25, 0.3) is 0 Å². The summed E-state index contributed by atoms with van der Waals surface area (Å²) in [5, 5.41) is 13.7. The van der Waals surface area contributed by atoms with Crippen molar-refractivity contribution in [3.63, 3.8) is 0 Å². The summed E-state index contributed by atoms with van der Waals surface area (Å²) in [6.45, 7) is 2.92. The average Bonchev–Trinajstić information content (AvgIpc) is 2.67. The summed E-state index contributed by atoms with van der Waals surface area (Å²) in [6.07, 6.45) is 1.55. The predicted octanol–water partition coefficient (Wildman–Crippen LogP) is 4.43. The zero-order valence-corrected chi connectivity index (χ0v) is 16.3. The first kappa shape index (κ1) is 19.8. The quantitative estimate of drug-likeness (QED) is 0.693. The van der Waals surface area contributed by atoms with Crippen LogP contribution in [-0.2, 0) is 4.79 Å². The predicted molar refractivity (Wildman–Crippen MR) is 108 cm³/mol. The van der Waals surface area contributed by atoms with E-state index in [1.54, 1.807) is 42.5 Å². The van der Waals surface area contributed by atoms with Crippen molar-refractivity contribution in [2.45, 2.75) is 12.8 Å². The smallest absolute Gasteiger partial charge is 0.227 e. The number of nitrogens with zero attached hydrogens (tertiary/aromatic N) is 1. The van der Waals surface area contributed by atoms with Gasteiger partial charge in [0.1, 0.15) is 18.1 Å². The fraction of sp³-hybridized carbons (Fsp3) is 0.350. The summed E-state index contributed by atoms with van der Waals surface area (Å²) in [6, 6.07) is 11.9. The van der Waals surface area contributed by atoms with Gasteiger partial charge in [0, 0.05) is 23.6 Å². The van der Waals surface area contributed by atoms with Crippen molar-refractivity contribution in [3.05, 3.63) is 52.5 Å². The lowest BCUT2D eigenvalue weighted by atomic mass is 9.96. The Bertz CT molecular complexity index is 793. The highest BCUT2D eigenvalue weighted by Crippen LogP contribution is 2.28. The minimum absolute atomic E-state index is 0.0434. The van der Waals surface area contributed by atoms with E-state index >= 15 is 0 Å². The first-order valence-electron chi connectivity index (χ1n) is 8.92. The van der Waals surface area contributed by atoms with Crippen LogP contribution in [0.5, 0.6) is 11.5 Å². The first-order chi connectivity index (χ1) is 13.0. The number of nitrogens with one attached hydrogen (secondary N) is 1. The number of carbonyl (C=O) groups excluding carboxylic acids is 1. The number of hydrogen-bond acceptors (Lipinski definition) is 4. The molecule has 0 atom stereocenters. The molecule has 27 heavy (non-hydrogen) atoms. The van der Waals surface area contributed by atoms with Crippen LogP contribution in [0.15, 0.2) is 42.5 Å². The van der Waals surface area contributed by atoms with Gasteiger partial charge in [-0.2, -0.15) is 0 Å². The van der Waals surface area contributed by atoms with Crippen LogP contribution in [0.3, 0.4) is 0 Å². The van der Waals surface area contributed by atoms with E-state index in [0.717, 1.165) is 32.5 Å². The van der Waals surface area contributed by atoms with E-state index in [1.165, 1.54) is 0 Å². The number of halogens is 2. The lowest BCUT2D eigenvalue weighted by molar-refractivity contribution is -0.121. The molecule has 1 heterocycles. The topological polar surface area (TPSA) is 61.8 Å². The number of ether oxygens (including phenoxy) is 1. The van der Waals surface area contributed by atoms with Crippen molar-refractivity contribution >= 4 is 34.8 Å². The normalized spacial score (nSPS) is 15.5. The molecule has 1 saturated heterocycles. The number of piperidine rings is 1. The molecule has 0 aliphatic carbocycles. The van der Waals surface area contributed by atoms with Crippen LogP contribution in [0.4, 0.5) is 5.69 Å². The molecule has 5 nitrogen and oxygen atoms in total. The molecule has 0 unspecified atom stereocenters. The monoisotopic (exact) mass is 408 g/mol. The van der Waals surface area contributed by atoms with Crippen LogP contribution in [0.1, 0.15) is 12.8 Å². The highest BCUT2D eigenvalue weighted by molar-refractivity contribution is 6.34. The average molecular weight is 409 g/mol. The van der Waals surface area contributed by atoms with Gasteiger partial charge in [0.15, 0.2) is 0 Å². The summed E-state index contributed by atoms with van der Waals surface area (Å²) < 4.78 is 5.72. The maximum Gasteiger partial charge on any atom is 0.227 e. The molecule has 0 aromatic heterocycles. The van der Waals surface area contributed by atoms with Crippen molar-refractivity contribution in [1.29, 1.82) is 0 Å². The molecule has 1 aliphatic rings. The van der Waals surface area contributed by atoms with Crippen LogP contribution >= 0.6 is 23.2 Å². The Morgan fingerprint density at radius 1 is 1.19 bits per heavy atom. The molecule has 2 aromatic rings. The fourth-order valence-electron chi connectivity index (χ4n) is 3.11. The number of hydrogen-bond donors (Lipinski definition) is 2. The third-order valence-electron chi connectivity index (χ3n) is 4.68. The van der Waals surface area contributed by atoms with E-state index in [-0.39, 0.29) is 17.6 Å². The summed E-state index contributed by atoms with van der Waals surface area (Å²) in [7, 11) is 0. The Balaban J connectivity index is 1.41. The largest absolute Gasteiger partial charge is 0.506 e. The van der Waals surface area contributed by atoms with E-state index in [9.17, 15) is 9.90 Å². The van der Waals surface area contributed by atoms with Gasteiger partial charge in [0.2, 0.25) is 5.91 Å². The zero-order valence-electron chi connectivity index (χ0n) is 14.8. The first-order valence-corrected chi connectivity index (χ1v) is 9.67. The number of carbonyl (C=O) groups is 1. The van der Waals surface area contributed by atoms with Gasteiger partial charge in [-0.1, -0.05) is 35.3 Å². The molecule has 1 amide bonds. The number of benzene rings is 2. The van der Waals surface area contributed by atoms with E-state index in [1.807, 2.05) is 0 Å². The third-order valence-corrected chi connectivity index (χ3v) is 5.23. The van der Waals surface area contributed by atoms with Gasteiger partial charge in [-0.15, -0.1) is 0 Å². The summed E-state index contributed by atoms with van der Waals surface area (Å²) in [4.78, 5) is 14.7. The van der Waals surface area contributed by atoms with E-state index in [4.69, 9.17) is 27.9 Å². The van der Waals surface area contributed by atoms with Gasteiger partial charge < -0.3 is 15.2 Å². The van der Waals surface area contributed by atoms with Crippen molar-refractivity contribution < 1.29 is 14.6 Å². The second-order valence-corrected chi connectivity index (χ2v) is 7.39. The highest BCUT2D eigenvalue weighted by atomic mass is 35.5. The van der Waals surface area contributed by atoms with Gasteiger partial charge in [-0.3, -0.25) is 9.69 Å². The zero-order chi connectivity index (χ0) is 19.2. The molecule has 1 fully saturated rings. The number of anilines is 1. The van der Waals surface area contributed by atoms with E-state index in [0.29, 0.717) is 28.1 Å². The molecule has 1 aliphatic heterocycles. The number of aromatic hydroxyl groups is 1. The summed E-state index contributed by atoms with van der Waals surface area (Å²) >= 11 is 12.0. The SMILES string of the molecule is O=C(Nc1ccccc1O)C1CCN(CCOc2cc(Cl)ccc2Cl)CC1. The number of rotatable bonds is 6. The Morgan fingerprint density at radius 2 is 1.93 bits per heavy atom. The van der Waals surface area contributed by atoms with Gasteiger partial charge in [-0.05, 0) is 50.2 Å². The second-order valence-electron chi connectivity index (χ2n) is 6.55. The van der Waals surface area contributed by atoms with Crippen LogP contribution in [0.2, 0.25) is 10.0 Å². The number of likely N-dealkylation sites (tertiary alicyclic amines) is 1. The van der Waals surface area contributed by atoms with Gasteiger partial charge in [0.25, 0.3) is 0 Å². The van der Waals surface area contributed by atoms with E-state index < -0.39 is 0 Å². The third kappa shape index (κ3) is 5.51. The van der Waals surface area contributed by atoms with Crippen LogP contribution in [-0.4, -0.2) is 42.2 Å². The Labute approximate surface area is 168 Å². The molecule has 3 rings (SSSR count). The van der Waals surface area contributed by atoms with Crippen LogP contribution < -0.4 is 10.1 Å². The molecule has 144 valence electrons. The lowest BCUT2D eigenvalue weighted by Crippen LogP contribution is -2.39. The summed E-state index contributed by atoms with van der Waals surface area (Å²) in [5.74, 6) is 0.573. The molecule has 2 aromatic carbocycles. The number of amides is 1. The van der Waals surface area contributed by atoms with Crippen molar-refractivity contribution in [3.8, 4) is 11.5 Å². The van der Waals surface area contributed by atoms with Crippen molar-refractivity contribution in [1.82, 2.24) is 4.90 Å². The standard InChI is InChI=1S/C20H22Cl2N2O3/c21-15-5-6-16(22)19(13-15)27-12-11-24-9-7-14(8-10-24)20(26)23-17-3-1-2-4-18(17)25/h1-6,13-14,25H,7-12H2,(H,23,26). The van der Waals surface area contributed by atoms with Crippen molar-refractivity contribution in [2.24, 2.45) is 5.92 Å². The maximum absolute atomic E-state index is 12.4. The molecule has 2 N–H and O–H groups in total. The number of para-hydroxylation sites is 2. The molecular formula is C20H22Cl2N2O3. The second kappa shape index (κ2) is 9.31. The molecule has 0 radical (unpaired) electrons. The summed E-state index contributed by atoms with van der Waals surface area (Å²) in [5.41, 5.74) is 0.455. The lowest BCUT2D eigenvalue weighted by Gasteiger charge is -2.31. The number of phenols is 1. The van der Waals surface area contributed by atoms with E-state index in [2.05, 4.69) is 10.2 Å². The van der Waals surface area contributed by atoms with Gasteiger partial charge >= 0.3 is 0 Å². The Morgan fingerprint density at radius 3 is 2.67 bits per heavy atom. The van der Waals surface area contributed by atoms with Gasteiger partial charge in [0.05, 0.1) is 10.7 Å². The highest BCUT2D eigenvalue weighted by Gasteiger charge is 2.25. The van der Waals surface area contributed by atoms with Crippen LogP contribution in [0, 0.1) is 5.92 Å². The maximum atomic E-state index is 12.4. The fourth-order valence-corrected chi connectivity index (χ4v) is 3.44. The minimum atomic E-state index is -0.0517. The Kier molecular flexibility index (Phi) is 6.83. The van der Waals surface area contributed by atoms with Gasteiger partial charge in [-0.25, -0.2) is 0 Å². The van der Waals surface area contributed by atoms with Crippen molar-refractivity contribution in [2.75, 3.05) is 31.6 Å². The molecule has 7 heteroatoms. The molecule has 0 saturated carbocycles. The molecule has 0 spiro atoms. The Hall–Kier alpha value is -1.95. The minimum Gasteiger partial charge on any atom is -0.506 e. The molecule has 0 bridgehead atoms. The number of phenolic OH excluding ortho intramolecular Hbond substituents is 1.